The molecule has 0 fully saturated rings. The average Bonchev–Trinajstić information content (AvgIpc) is 2.67. The van der Waals surface area contributed by atoms with Crippen molar-refractivity contribution < 1.29 is 0 Å². The van der Waals surface area contributed by atoms with E-state index in [0.29, 0.717) is 10.0 Å². The van der Waals surface area contributed by atoms with E-state index in [1.54, 1.807) is 23.5 Å². The van der Waals surface area contributed by atoms with Crippen LogP contribution in [0.5, 0.6) is 0 Å². The lowest BCUT2D eigenvalue weighted by Crippen LogP contribution is -2.11. The third kappa shape index (κ3) is 2.71. The molecule has 0 saturated heterocycles. The molecular weight excluding hydrogens is 376 g/mol. The van der Waals surface area contributed by atoms with Crippen LogP contribution >= 0.6 is 57.1 Å². The summed E-state index contributed by atoms with van der Waals surface area (Å²) < 4.78 is 1.21. The fourth-order valence-corrected chi connectivity index (χ4v) is 3.24. The molecule has 5 heteroatoms. The zero-order valence-electron chi connectivity index (χ0n) is 8.08. The molecule has 16 heavy (non-hydrogen) atoms. The van der Waals surface area contributed by atoms with Crippen molar-refractivity contribution in [2.45, 2.75) is 6.04 Å². The lowest BCUT2D eigenvalue weighted by Gasteiger charge is -2.12. The highest BCUT2D eigenvalue weighted by Crippen LogP contribution is 2.31. The van der Waals surface area contributed by atoms with Crippen LogP contribution < -0.4 is 5.73 Å². The van der Waals surface area contributed by atoms with Crippen molar-refractivity contribution in [3.05, 3.63) is 53.7 Å². The molecule has 2 aromatic rings. The van der Waals surface area contributed by atoms with Crippen LogP contribution in [0.15, 0.2) is 29.6 Å². The first-order chi connectivity index (χ1) is 7.58. The minimum Gasteiger partial charge on any atom is -0.320 e. The number of hydrogen-bond acceptors (Lipinski definition) is 2. The number of rotatable bonds is 2. The van der Waals surface area contributed by atoms with Gasteiger partial charge in [-0.2, -0.15) is 0 Å². The van der Waals surface area contributed by atoms with Crippen molar-refractivity contribution in [3.63, 3.8) is 0 Å². The van der Waals surface area contributed by atoms with Gasteiger partial charge in [0.25, 0.3) is 0 Å². The highest BCUT2D eigenvalue weighted by molar-refractivity contribution is 14.1. The predicted octanol–water partition coefficient (Wildman–Crippen LogP) is 4.71. The molecule has 1 heterocycles. The molecule has 0 aliphatic carbocycles. The van der Waals surface area contributed by atoms with E-state index in [9.17, 15) is 0 Å². The molecule has 0 bridgehead atoms. The first-order valence-corrected chi connectivity index (χ1v) is 7.24. The number of halogens is 3. The van der Waals surface area contributed by atoms with Crippen molar-refractivity contribution in [1.29, 1.82) is 0 Å². The second kappa shape index (κ2) is 5.23. The van der Waals surface area contributed by atoms with Crippen molar-refractivity contribution in [1.82, 2.24) is 0 Å². The molecule has 1 atom stereocenters. The molecule has 1 aromatic carbocycles. The van der Waals surface area contributed by atoms with E-state index in [0.717, 1.165) is 11.1 Å². The van der Waals surface area contributed by atoms with E-state index < -0.39 is 0 Å². The van der Waals surface area contributed by atoms with Crippen LogP contribution in [0.3, 0.4) is 0 Å². The molecule has 0 aliphatic heterocycles. The smallest absolute Gasteiger partial charge is 0.0656 e. The van der Waals surface area contributed by atoms with Crippen molar-refractivity contribution in [2.75, 3.05) is 0 Å². The SMILES string of the molecule is NC(c1csc(I)c1)c1cc(Cl)ccc1Cl. The number of thiophene rings is 1. The van der Waals surface area contributed by atoms with E-state index in [1.807, 2.05) is 11.4 Å². The second-order valence-corrected chi connectivity index (χ2v) is 6.98. The van der Waals surface area contributed by atoms with E-state index in [1.165, 1.54) is 2.88 Å². The van der Waals surface area contributed by atoms with Gasteiger partial charge in [0, 0.05) is 10.0 Å². The third-order valence-electron chi connectivity index (χ3n) is 2.24. The van der Waals surface area contributed by atoms with Gasteiger partial charge in [-0.05, 0) is 63.4 Å². The zero-order chi connectivity index (χ0) is 11.7. The summed E-state index contributed by atoms with van der Waals surface area (Å²) in [6, 6.07) is 7.20. The van der Waals surface area contributed by atoms with Crippen molar-refractivity contribution in [3.8, 4) is 0 Å². The molecular formula is C11H8Cl2INS. The number of hydrogen-bond donors (Lipinski definition) is 1. The quantitative estimate of drug-likeness (QED) is 0.747. The fourth-order valence-electron chi connectivity index (χ4n) is 1.42. The molecule has 1 nitrogen and oxygen atoms in total. The van der Waals surface area contributed by atoms with Crippen LogP contribution in [-0.4, -0.2) is 0 Å². The Morgan fingerprint density at radius 1 is 1.25 bits per heavy atom. The normalized spacial score (nSPS) is 12.8. The Hall–Kier alpha value is 0.190. The maximum absolute atomic E-state index is 6.16. The van der Waals surface area contributed by atoms with Gasteiger partial charge in [0.2, 0.25) is 0 Å². The summed E-state index contributed by atoms with van der Waals surface area (Å²) in [6.45, 7) is 0. The first kappa shape index (κ1) is 12.6. The fraction of sp³-hybridized carbons (Fsp3) is 0.0909. The number of benzene rings is 1. The Morgan fingerprint density at radius 2 is 2.00 bits per heavy atom. The Kier molecular flexibility index (Phi) is 4.13. The lowest BCUT2D eigenvalue weighted by molar-refractivity contribution is 0.877. The van der Waals surface area contributed by atoms with Gasteiger partial charge in [-0.25, -0.2) is 0 Å². The minimum atomic E-state index is -0.217. The van der Waals surface area contributed by atoms with Gasteiger partial charge in [-0.1, -0.05) is 23.2 Å². The van der Waals surface area contributed by atoms with E-state index in [-0.39, 0.29) is 6.04 Å². The highest BCUT2D eigenvalue weighted by Gasteiger charge is 2.14. The van der Waals surface area contributed by atoms with Gasteiger partial charge >= 0.3 is 0 Å². The Bertz CT molecular complexity index is 512. The summed E-state index contributed by atoms with van der Waals surface area (Å²) in [4.78, 5) is 0. The molecule has 2 rings (SSSR count). The van der Waals surface area contributed by atoms with Gasteiger partial charge in [0.1, 0.15) is 0 Å². The molecule has 0 spiro atoms. The largest absolute Gasteiger partial charge is 0.320 e. The molecule has 1 unspecified atom stereocenters. The van der Waals surface area contributed by atoms with Crippen molar-refractivity contribution in [2.24, 2.45) is 5.73 Å². The molecule has 0 saturated carbocycles. The molecule has 0 radical (unpaired) electrons. The van der Waals surface area contributed by atoms with Crippen LogP contribution in [0, 0.1) is 2.88 Å². The van der Waals surface area contributed by atoms with E-state index in [4.69, 9.17) is 28.9 Å². The Balaban J connectivity index is 2.40. The summed E-state index contributed by atoms with van der Waals surface area (Å²) >= 11 is 16.0. The van der Waals surface area contributed by atoms with E-state index >= 15 is 0 Å². The first-order valence-electron chi connectivity index (χ1n) is 4.52. The standard InChI is InChI=1S/C11H8Cl2INS/c12-7-1-2-9(13)8(4-7)11(15)6-3-10(14)16-5-6/h1-5,11H,15H2. The third-order valence-corrected chi connectivity index (χ3v) is 4.63. The summed E-state index contributed by atoms with van der Waals surface area (Å²) in [5, 5.41) is 3.35. The molecule has 0 aliphatic rings. The Labute approximate surface area is 122 Å². The van der Waals surface area contributed by atoms with Crippen LogP contribution in [0.4, 0.5) is 0 Å². The average molecular weight is 384 g/mol. The van der Waals surface area contributed by atoms with Crippen LogP contribution in [0.1, 0.15) is 17.2 Å². The van der Waals surface area contributed by atoms with Gasteiger partial charge in [-0.15, -0.1) is 11.3 Å². The molecule has 1 aromatic heterocycles. The maximum Gasteiger partial charge on any atom is 0.0656 e. The number of nitrogens with two attached hydrogens (primary N) is 1. The zero-order valence-corrected chi connectivity index (χ0v) is 12.6. The second-order valence-electron chi connectivity index (χ2n) is 3.33. The summed E-state index contributed by atoms with van der Waals surface area (Å²) in [7, 11) is 0. The van der Waals surface area contributed by atoms with Crippen LogP contribution in [-0.2, 0) is 0 Å². The lowest BCUT2D eigenvalue weighted by atomic mass is 10.0. The van der Waals surface area contributed by atoms with Crippen LogP contribution in [0.2, 0.25) is 10.0 Å². The summed E-state index contributed by atoms with van der Waals surface area (Å²) in [6.07, 6.45) is 0. The highest BCUT2D eigenvalue weighted by atomic mass is 127. The Morgan fingerprint density at radius 3 is 2.62 bits per heavy atom. The topological polar surface area (TPSA) is 26.0 Å². The van der Waals surface area contributed by atoms with Gasteiger partial charge in [0.15, 0.2) is 0 Å². The van der Waals surface area contributed by atoms with E-state index in [2.05, 4.69) is 28.7 Å². The van der Waals surface area contributed by atoms with Gasteiger partial charge < -0.3 is 5.73 Å². The van der Waals surface area contributed by atoms with Crippen molar-refractivity contribution >= 4 is 57.1 Å². The van der Waals surface area contributed by atoms with Crippen LogP contribution in [0.25, 0.3) is 0 Å². The molecule has 2 N–H and O–H groups in total. The van der Waals surface area contributed by atoms with Gasteiger partial charge in [0.05, 0.1) is 8.93 Å². The maximum atomic E-state index is 6.16. The predicted molar refractivity (Wildman–Crippen MR) is 79.5 cm³/mol. The summed E-state index contributed by atoms with van der Waals surface area (Å²) in [5.41, 5.74) is 8.09. The minimum absolute atomic E-state index is 0.217. The summed E-state index contributed by atoms with van der Waals surface area (Å²) in [5.74, 6) is 0. The molecule has 0 amide bonds. The van der Waals surface area contributed by atoms with Gasteiger partial charge in [-0.3, -0.25) is 0 Å². The molecule has 84 valence electrons. The monoisotopic (exact) mass is 383 g/mol.